The number of pyridine rings is 1. The Labute approximate surface area is 175 Å². The number of hydrogen-bond acceptors (Lipinski definition) is 4. The minimum absolute atomic E-state index is 0.129. The lowest BCUT2D eigenvalue weighted by Gasteiger charge is -2.18. The second kappa shape index (κ2) is 9.85. The van der Waals surface area contributed by atoms with Crippen molar-refractivity contribution in [3.63, 3.8) is 0 Å². The first-order valence-corrected chi connectivity index (χ1v) is 10.0. The molecule has 2 atom stereocenters. The van der Waals surface area contributed by atoms with Gasteiger partial charge in [-0.05, 0) is 56.3 Å². The molecule has 2 aromatic rings. The second-order valence-corrected chi connectivity index (χ2v) is 7.53. The number of benzene rings is 1. The lowest BCUT2D eigenvalue weighted by Crippen LogP contribution is -2.31. The maximum atomic E-state index is 13.1. The molecule has 0 saturated carbocycles. The van der Waals surface area contributed by atoms with E-state index in [1.807, 2.05) is 19.2 Å². The van der Waals surface area contributed by atoms with Crippen LogP contribution in [0.4, 0.5) is 4.39 Å². The summed E-state index contributed by atoms with van der Waals surface area (Å²) in [6, 6.07) is 7.83. The number of rotatable bonds is 7. The Bertz CT molecular complexity index is 873. The molecule has 0 bridgehead atoms. The zero-order valence-electron chi connectivity index (χ0n) is 16.6. The van der Waals surface area contributed by atoms with Crippen LogP contribution in [0.3, 0.4) is 0 Å². The lowest BCUT2D eigenvalue weighted by molar-refractivity contribution is 0.0772. The predicted octanol–water partition coefficient (Wildman–Crippen LogP) is 4.18. The van der Waals surface area contributed by atoms with Crippen LogP contribution in [-0.4, -0.2) is 48.1 Å². The molecule has 1 aliphatic heterocycles. The van der Waals surface area contributed by atoms with Crippen molar-refractivity contribution in [2.75, 3.05) is 20.1 Å². The van der Waals surface area contributed by atoms with Gasteiger partial charge in [0, 0.05) is 30.8 Å². The number of aromatic nitrogens is 1. The van der Waals surface area contributed by atoms with Crippen LogP contribution in [0.25, 0.3) is 6.08 Å². The van der Waals surface area contributed by atoms with Gasteiger partial charge in [0.25, 0.3) is 5.91 Å². The number of amides is 1. The topological polar surface area (TPSA) is 54.5 Å². The van der Waals surface area contributed by atoms with Crippen molar-refractivity contribution >= 4 is 23.6 Å². The van der Waals surface area contributed by atoms with E-state index in [0.29, 0.717) is 42.0 Å². The molecule has 1 aliphatic rings. The van der Waals surface area contributed by atoms with Gasteiger partial charge < -0.3 is 15.0 Å². The quantitative estimate of drug-likeness (QED) is 0.687. The summed E-state index contributed by atoms with van der Waals surface area (Å²) in [5, 5.41) is 3.48. The van der Waals surface area contributed by atoms with Crippen LogP contribution >= 0.6 is 11.6 Å². The molecule has 1 fully saturated rings. The minimum atomic E-state index is -0.360. The maximum absolute atomic E-state index is 13.1. The highest BCUT2D eigenvalue weighted by molar-refractivity contribution is 6.30. The maximum Gasteiger partial charge on any atom is 0.253 e. The van der Waals surface area contributed by atoms with Crippen LogP contribution in [0.5, 0.6) is 5.75 Å². The van der Waals surface area contributed by atoms with Crippen LogP contribution in [0, 0.1) is 5.82 Å². The van der Waals surface area contributed by atoms with Crippen molar-refractivity contribution in [2.24, 2.45) is 0 Å². The van der Waals surface area contributed by atoms with Crippen LogP contribution in [-0.2, 0) is 0 Å². The van der Waals surface area contributed by atoms with Crippen molar-refractivity contribution in [1.29, 1.82) is 0 Å². The van der Waals surface area contributed by atoms with Crippen molar-refractivity contribution in [1.82, 2.24) is 15.2 Å². The van der Waals surface area contributed by atoms with E-state index < -0.39 is 0 Å². The van der Waals surface area contributed by atoms with Crippen LogP contribution in [0.1, 0.15) is 35.7 Å². The van der Waals surface area contributed by atoms with E-state index in [-0.39, 0.29) is 17.8 Å². The Morgan fingerprint density at radius 2 is 2.21 bits per heavy atom. The summed E-state index contributed by atoms with van der Waals surface area (Å²) < 4.78 is 19.1. The highest BCUT2D eigenvalue weighted by atomic mass is 35.5. The van der Waals surface area contributed by atoms with Gasteiger partial charge in [-0.2, -0.15) is 0 Å². The fraction of sp³-hybridized carbons (Fsp3) is 0.364. The van der Waals surface area contributed by atoms with Crippen LogP contribution in [0.15, 0.2) is 42.6 Å². The van der Waals surface area contributed by atoms with Gasteiger partial charge >= 0.3 is 0 Å². The Hall–Kier alpha value is -2.44. The third kappa shape index (κ3) is 5.78. The fourth-order valence-corrected chi connectivity index (χ4v) is 3.25. The summed E-state index contributed by atoms with van der Waals surface area (Å²) in [6.45, 7) is 3.14. The number of hydrogen-bond donors (Lipinski definition) is 1. The summed E-state index contributed by atoms with van der Waals surface area (Å²) >= 11 is 6.20. The summed E-state index contributed by atoms with van der Waals surface area (Å²) in [7, 11) is 1.93. The van der Waals surface area contributed by atoms with Crippen LogP contribution in [0.2, 0.25) is 5.15 Å². The average Bonchev–Trinajstić information content (AvgIpc) is 3.18. The summed E-state index contributed by atoms with van der Waals surface area (Å²) in [5.41, 5.74) is 1.37. The molecule has 0 unspecified atom stereocenters. The number of nitrogens with zero attached hydrogens (tertiary/aromatic N) is 2. The zero-order chi connectivity index (χ0) is 20.8. The molecule has 2 heterocycles. The largest absolute Gasteiger partial charge is 0.485 e. The monoisotopic (exact) mass is 417 g/mol. The van der Waals surface area contributed by atoms with E-state index in [4.69, 9.17) is 16.3 Å². The zero-order valence-corrected chi connectivity index (χ0v) is 17.3. The van der Waals surface area contributed by atoms with Crippen molar-refractivity contribution < 1.29 is 13.9 Å². The Balaban J connectivity index is 1.61. The Morgan fingerprint density at radius 3 is 2.93 bits per heavy atom. The first-order valence-electron chi connectivity index (χ1n) is 9.67. The SMILES string of the molecule is CN[C@@H](C)CC=Cc1cnc(Cl)c(O[C@H]2CCN(C(=O)c3ccc(F)cc3)C2)c1. The molecule has 0 radical (unpaired) electrons. The highest BCUT2D eigenvalue weighted by Crippen LogP contribution is 2.27. The molecule has 1 N–H and O–H groups in total. The number of carbonyl (C=O) groups excluding carboxylic acids is 1. The highest BCUT2D eigenvalue weighted by Gasteiger charge is 2.29. The van der Waals surface area contributed by atoms with Gasteiger partial charge in [0.15, 0.2) is 10.9 Å². The predicted molar refractivity (Wildman–Crippen MR) is 113 cm³/mol. The smallest absolute Gasteiger partial charge is 0.253 e. The molecule has 0 spiro atoms. The molecule has 29 heavy (non-hydrogen) atoms. The van der Waals surface area contributed by atoms with E-state index in [9.17, 15) is 9.18 Å². The molecule has 1 amide bonds. The lowest BCUT2D eigenvalue weighted by atomic mass is 10.2. The first-order chi connectivity index (χ1) is 14.0. The van der Waals surface area contributed by atoms with Gasteiger partial charge in [0.05, 0.1) is 6.54 Å². The third-order valence-corrected chi connectivity index (χ3v) is 5.22. The van der Waals surface area contributed by atoms with Crippen molar-refractivity contribution in [3.8, 4) is 5.75 Å². The van der Waals surface area contributed by atoms with Gasteiger partial charge in [-0.3, -0.25) is 4.79 Å². The summed E-state index contributed by atoms with van der Waals surface area (Å²) in [4.78, 5) is 18.5. The van der Waals surface area contributed by atoms with Gasteiger partial charge in [-0.15, -0.1) is 0 Å². The molecule has 1 aromatic heterocycles. The van der Waals surface area contributed by atoms with Crippen molar-refractivity contribution in [2.45, 2.75) is 31.9 Å². The number of nitrogens with one attached hydrogen (secondary N) is 1. The normalized spacial score (nSPS) is 17.7. The molecule has 5 nitrogen and oxygen atoms in total. The second-order valence-electron chi connectivity index (χ2n) is 7.17. The minimum Gasteiger partial charge on any atom is -0.485 e. The van der Waals surface area contributed by atoms with E-state index in [0.717, 1.165) is 12.0 Å². The molecule has 7 heteroatoms. The number of halogens is 2. The van der Waals surface area contributed by atoms with E-state index in [1.54, 1.807) is 11.1 Å². The number of carbonyl (C=O) groups is 1. The Kier molecular flexibility index (Phi) is 7.23. The molecule has 3 rings (SSSR count). The average molecular weight is 418 g/mol. The van der Waals surface area contributed by atoms with Gasteiger partial charge in [-0.25, -0.2) is 9.37 Å². The molecule has 154 valence electrons. The Morgan fingerprint density at radius 1 is 1.45 bits per heavy atom. The standard InChI is InChI=1S/C22H25ClFN3O2/c1-15(25-2)4-3-5-16-12-20(21(23)26-13-16)29-19-10-11-27(14-19)22(28)17-6-8-18(24)9-7-17/h3,5-9,12-13,15,19,25H,4,10-11,14H2,1-2H3/t15-,19-/m0/s1. The fourth-order valence-electron chi connectivity index (χ4n) is 3.11. The molecular formula is C22H25ClFN3O2. The molecule has 0 aliphatic carbocycles. The van der Waals surface area contributed by atoms with Crippen LogP contribution < -0.4 is 10.1 Å². The van der Waals surface area contributed by atoms with Gasteiger partial charge in [0.2, 0.25) is 0 Å². The van der Waals surface area contributed by atoms with E-state index in [1.165, 1.54) is 24.3 Å². The summed E-state index contributed by atoms with van der Waals surface area (Å²) in [6.07, 6.45) is 7.20. The number of ether oxygens (including phenoxy) is 1. The van der Waals surface area contributed by atoms with Gasteiger partial charge in [-0.1, -0.05) is 23.8 Å². The van der Waals surface area contributed by atoms with E-state index >= 15 is 0 Å². The van der Waals surface area contributed by atoms with Crippen molar-refractivity contribution in [3.05, 3.63) is 64.7 Å². The van der Waals surface area contributed by atoms with E-state index in [2.05, 4.69) is 23.3 Å². The number of likely N-dealkylation sites (tertiary alicyclic amines) is 1. The molecule has 1 aromatic carbocycles. The molecule has 1 saturated heterocycles. The molecular weight excluding hydrogens is 393 g/mol. The third-order valence-electron chi connectivity index (χ3n) is 4.94. The van der Waals surface area contributed by atoms with Gasteiger partial charge in [0.1, 0.15) is 11.9 Å². The summed E-state index contributed by atoms with van der Waals surface area (Å²) in [5.74, 6) is 0.0212. The first kappa shape index (κ1) is 21.3.